The predicted molar refractivity (Wildman–Crippen MR) is 123 cm³/mol. The molecule has 6 atom stereocenters. The molecule has 4 saturated carbocycles. The van der Waals surface area contributed by atoms with Gasteiger partial charge in [-0.1, -0.05) is 109 Å². The second-order valence-electron chi connectivity index (χ2n) is 11.7. The minimum atomic E-state index is -1.15. The Hall–Kier alpha value is 0.749. The minimum absolute atomic E-state index is 0.732. The van der Waals surface area contributed by atoms with Crippen molar-refractivity contribution in [2.45, 2.75) is 125 Å². The fraction of sp³-hybridized carbons (Fsp3) is 1.00. The van der Waals surface area contributed by atoms with Gasteiger partial charge < -0.3 is 0 Å². The van der Waals surface area contributed by atoms with Crippen molar-refractivity contribution < 1.29 is 0 Å². The quantitative estimate of drug-likeness (QED) is 0.298. The van der Waals surface area contributed by atoms with Crippen molar-refractivity contribution in [3.63, 3.8) is 0 Å². The minimum Gasteiger partial charge on any atom is -0.106 e. The summed E-state index contributed by atoms with van der Waals surface area (Å²) in [7, 11) is -1.15. The lowest BCUT2D eigenvalue weighted by Crippen LogP contribution is -2.46. The first-order valence-corrected chi connectivity index (χ1v) is 17.4. The SMILES string of the molecule is CC(C)[CH2][Al][CH2]C[Si](C)(C1CCC2CCCCC21)C1CCC2CCCCC21. The van der Waals surface area contributed by atoms with E-state index in [1.54, 1.807) is 93.7 Å². The van der Waals surface area contributed by atoms with E-state index in [9.17, 15) is 0 Å². The Labute approximate surface area is 177 Å². The van der Waals surface area contributed by atoms with Crippen molar-refractivity contribution in [2.75, 3.05) is 0 Å². The van der Waals surface area contributed by atoms with Gasteiger partial charge in [-0.3, -0.25) is 0 Å². The first kappa shape index (κ1) is 21.0. The van der Waals surface area contributed by atoms with E-state index in [2.05, 4.69) is 20.4 Å². The monoisotopic (exact) mass is 401 g/mol. The highest BCUT2D eigenvalue weighted by Crippen LogP contribution is 2.62. The Morgan fingerprint density at radius 2 is 1.26 bits per heavy atom. The standard InChI is InChI=1S/C21H37Si.C4H9.Al/c1-3-22(2,20-14-12-16-8-4-6-10-18(16)20)21-15-13-17-9-5-7-11-19(17)21;1-4(2)3;/h16-21H,1,3-15H2,2H3;4H,1H2,2-3H3;. The summed E-state index contributed by atoms with van der Waals surface area (Å²) in [5.74, 6) is 5.61. The molecule has 0 aromatic carbocycles. The lowest BCUT2D eigenvalue weighted by Gasteiger charge is -2.47. The Morgan fingerprint density at radius 1 is 0.741 bits per heavy atom. The Balaban J connectivity index is 1.51. The second kappa shape index (κ2) is 9.27. The van der Waals surface area contributed by atoms with Crippen molar-refractivity contribution in [2.24, 2.45) is 29.6 Å². The molecule has 0 saturated heterocycles. The van der Waals surface area contributed by atoms with Gasteiger partial charge in [-0.25, -0.2) is 0 Å². The number of hydrogen-bond acceptors (Lipinski definition) is 0. The zero-order valence-electron chi connectivity index (χ0n) is 18.7. The molecule has 0 bridgehead atoms. The fourth-order valence-corrected chi connectivity index (χ4v) is 18.6. The van der Waals surface area contributed by atoms with Crippen LogP contribution in [0, 0.1) is 29.6 Å². The average molecular weight is 402 g/mol. The summed E-state index contributed by atoms with van der Waals surface area (Å²) < 4.78 is 0. The van der Waals surface area contributed by atoms with Gasteiger partial charge in [0.15, 0.2) is 15.2 Å². The topological polar surface area (TPSA) is 0 Å². The molecule has 6 unspecified atom stereocenters. The molecule has 4 fully saturated rings. The molecule has 0 heterocycles. The Morgan fingerprint density at radius 3 is 1.78 bits per heavy atom. The lowest BCUT2D eigenvalue weighted by atomic mass is 9.81. The van der Waals surface area contributed by atoms with E-state index in [0.29, 0.717) is 0 Å². The second-order valence-corrected chi connectivity index (χ2v) is 18.4. The van der Waals surface area contributed by atoms with Gasteiger partial charge in [0.2, 0.25) is 0 Å². The van der Waals surface area contributed by atoms with E-state index >= 15 is 0 Å². The summed E-state index contributed by atoms with van der Waals surface area (Å²) in [5.41, 5.74) is 2.46. The maximum atomic E-state index is 2.98. The van der Waals surface area contributed by atoms with Crippen molar-refractivity contribution in [1.29, 1.82) is 0 Å². The molecular weight excluding hydrogens is 355 g/mol. The van der Waals surface area contributed by atoms with Crippen LogP contribution >= 0.6 is 0 Å². The van der Waals surface area contributed by atoms with Gasteiger partial charge >= 0.3 is 0 Å². The summed E-state index contributed by atoms with van der Waals surface area (Å²) in [5, 5.41) is 3.21. The van der Waals surface area contributed by atoms with Gasteiger partial charge in [0.25, 0.3) is 0 Å². The van der Waals surface area contributed by atoms with E-state index < -0.39 is 8.07 Å². The highest BCUT2D eigenvalue weighted by atomic mass is 28.3. The molecule has 4 aliphatic rings. The normalized spacial score (nSPS) is 41.2. The molecule has 4 aliphatic carbocycles. The van der Waals surface area contributed by atoms with E-state index in [1.807, 2.05) is 0 Å². The molecule has 0 aromatic rings. The van der Waals surface area contributed by atoms with Crippen LogP contribution in [0.25, 0.3) is 0 Å². The highest BCUT2D eigenvalue weighted by Gasteiger charge is 2.54. The third kappa shape index (κ3) is 4.44. The molecule has 0 nitrogen and oxygen atoms in total. The molecule has 0 spiro atoms. The van der Waals surface area contributed by atoms with Gasteiger partial charge in [0, 0.05) is 0 Å². The Bertz CT molecular complexity index is 443. The summed E-state index contributed by atoms with van der Waals surface area (Å²) in [6.45, 7) is 7.86. The smallest absolute Gasteiger partial charge is 0.106 e. The number of hydrogen-bond donors (Lipinski definition) is 0. The van der Waals surface area contributed by atoms with E-state index in [1.165, 1.54) is 22.9 Å². The zero-order chi connectivity index (χ0) is 18.9. The van der Waals surface area contributed by atoms with Crippen molar-refractivity contribution in [3.8, 4) is 0 Å². The van der Waals surface area contributed by atoms with Gasteiger partial charge in [-0.05, 0) is 34.8 Å². The molecule has 0 aliphatic heterocycles. The summed E-state index contributed by atoms with van der Waals surface area (Å²) >= 11 is 0.732. The van der Waals surface area contributed by atoms with Crippen molar-refractivity contribution >= 4 is 23.3 Å². The first-order chi connectivity index (χ1) is 13.1. The molecule has 0 aromatic heterocycles. The largest absolute Gasteiger partial charge is 0.199 e. The molecule has 4 rings (SSSR count). The third-order valence-electron chi connectivity index (χ3n) is 9.89. The first-order valence-electron chi connectivity index (χ1n) is 12.9. The molecular formula is C25H46AlSi. The van der Waals surface area contributed by atoms with E-state index in [-0.39, 0.29) is 0 Å². The van der Waals surface area contributed by atoms with Crippen LogP contribution in [0.15, 0.2) is 0 Å². The summed E-state index contributed by atoms with van der Waals surface area (Å²) in [6, 6.07) is 1.73. The van der Waals surface area contributed by atoms with E-state index in [0.717, 1.165) is 33.0 Å². The van der Waals surface area contributed by atoms with Crippen LogP contribution in [0.1, 0.15) is 90.9 Å². The number of rotatable bonds is 7. The third-order valence-corrected chi connectivity index (χ3v) is 18.6. The van der Waals surface area contributed by atoms with Gasteiger partial charge in [-0.15, -0.1) is 10.6 Å². The molecule has 0 N–H and O–H groups in total. The van der Waals surface area contributed by atoms with Crippen LogP contribution in [-0.4, -0.2) is 23.3 Å². The van der Waals surface area contributed by atoms with Crippen LogP contribution in [0.3, 0.4) is 0 Å². The predicted octanol–water partition coefficient (Wildman–Crippen LogP) is 8.20. The van der Waals surface area contributed by atoms with Crippen molar-refractivity contribution in [1.82, 2.24) is 0 Å². The van der Waals surface area contributed by atoms with Crippen molar-refractivity contribution in [3.05, 3.63) is 0 Å². The van der Waals surface area contributed by atoms with E-state index in [4.69, 9.17) is 0 Å². The zero-order valence-corrected chi connectivity index (χ0v) is 20.9. The van der Waals surface area contributed by atoms with Crippen LogP contribution in [0.5, 0.6) is 0 Å². The summed E-state index contributed by atoms with van der Waals surface area (Å²) in [4.78, 5) is 0. The maximum absolute atomic E-state index is 2.98. The molecule has 153 valence electrons. The average Bonchev–Trinajstić information content (AvgIpc) is 3.30. The fourth-order valence-electron chi connectivity index (χ4n) is 8.61. The summed E-state index contributed by atoms with van der Waals surface area (Å²) in [6.07, 6.45) is 19.2. The highest BCUT2D eigenvalue weighted by molar-refractivity contribution is 6.82. The van der Waals surface area contributed by atoms with Crippen LogP contribution < -0.4 is 0 Å². The Kier molecular flexibility index (Phi) is 7.21. The van der Waals surface area contributed by atoms with Crippen LogP contribution in [0.4, 0.5) is 0 Å². The molecule has 1 radical (unpaired) electrons. The maximum Gasteiger partial charge on any atom is 0.199 e. The van der Waals surface area contributed by atoms with Crippen LogP contribution in [-0.2, 0) is 0 Å². The molecule has 0 amide bonds. The van der Waals surface area contributed by atoms with Crippen LogP contribution in [0.2, 0.25) is 34.2 Å². The number of fused-ring (bicyclic) bond motifs is 2. The van der Waals surface area contributed by atoms with Gasteiger partial charge in [0.05, 0.1) is 8.07 Å². The molecule has 2 heteroatoms. The lowest BCUT2D eigenvalue weighted by molar-refractivity contribution is 0.262. The van der Waals surface area contributed by atoms with Gasteiger partial charge in [-0.2, -0.15) is 0 Å². The van der Waals surface area contributed by atoms with Gasteiger partial charge in [0.1, 0.15) is 0 Å². The molecule has 27 heavy (non-hydrogen) atoms.